The summed E-state index contributed by atoms with van der Waals surface area (Å²) in [6.45, 7) is 1.54. The van der Waals surface area contributed by atoms with Gasteiger partial charge in [-0.25, -0.2) is 0 Å². The quantitative estimate of drug-likeness (QED) is 0.838. The number of hydrogen-bond donors (Lipinski definition) is 1. The van der Waals surface area contributed by atoms with Crippen molar-refractivity contribution in [2.24, 2.45) is 0 Å². The molecule has 18 heavy (non-hydrogen) atoms. The number of benzene rings is 1. The first-order valence-electron chi connectivity index (χ1n) is 5.22. The Morgan fingerprint density at radius 2 is 1.72 bits per heavy atom. The first-order chi connectivity index (χ1) is 8.41. The van der Waals surface area contributed by atoms with Crippen LogP contribution in [0.5, 0.6) is 5.75 Å². The SMILES string of the molecule is Cc1nccc(-c2ccccc2C(F)(F)F)c1O. The normalized spacial score (nSPS) is 11.6. The van der Waals surface area contributed by atoms with Gasteiger partial charge in [-0.3, -0.25) is 4.98 Å². The number of pyridine rings is 1. The summed E-state index contributed by atoms with van der Waals surface area (Å²) in [7, 11) is 0. The van der Waals surface area contributed by atoms with Gasteiger partial charge in [-0.15, -0.1) is 0 Å². The van der Waals surface area contributed by atoms with Crippen molar-refractivity contribution in [3.05, 3.63) is 47.8 Å². The van der Waals surface area contributed by atoms with Crippen LogP contribution in [0.25, 0.3) is 11.1 Å². The zero-order valence-corrected chi connectivity index (χ0v) is 9.49. The smallest absolute Gasteiger partial charge is 0.417 e. The zero-order chi connectivity index (χ0) is 13.3. The van der Waals surface area contributed by atoms with Crippen molar-refractivity contribution in [3.8, 4) is 16.9 Å². The van der Waals surface area contributed by atoms with E-state index in [1.54, 1.807) is 0 Å². The number of aromatic nitrogens is 1. The van der Waals surface area contributed by atoms with Crippen LogP contribution in [0, 0.1) is 6.92 Å². The minimum atomic E-state index is -4.46. The lowest BCUT2D eigenvalue weighted by atomic mass is 9.99. The van der Waals surface area contributed by atoms with E-state index in [0.29, 0.717) is 5.69 Å². The molecule has 0 saturated carbocycles. The van der Waals surface area contributed by atoms with Gasteiger partial charge in [0.05, 0.1) is 11.3 Å². The van der Waals surface area contributed by atoms with E-state index in [1.807, 2.05) is 0 Å². The Morgan fingerprint density at radius 1 is 1.06 bits per heavy atom. The van der Waals surface area contributed by atoms with Gasteiger partial charge >= 0.3 is 6.18 Å². The van der Waals surface area contributed by atoms with Crippen molar-refractivity contribution in [1.82, 2.24) is 4.98 Å². The number of aromatic hydroxyl groups is 1. The standard InChI is InChI=1S/C13H10F3NO/c1-8-12(18)10(6-7-17-8)9-4-2-3-5-11(9)13(14,15)16/h2-7,18H,1H3. The van der Waals surface area contributed by atoms with Crippen molar-refractivity contribution in [2.75, 3.05) is 0 Å². The first kappa shape index (κ1) is 12.4. The maximum Gasteiger partial charge on any atom is 0.417 e. The van der Waals surface area contributed by atoms with E-state index in [0.717, 1.165) is 6.07 Å². The molecule has 1 heterocycles. The molecule has 1 aromatic heterocycles. The second-order valence-corrected chi connectivity index (χ2v) is 3.84. The minimum absolute atomic E-state index is 0.0481. The van der Waals surface area contributed by atoms with Crippen LogP contribution in [0.3, 0.4) is 0 Å². The van der Waals surface area contributed by atoms with Gasteiger partial charge in [0.15, 0.2) is 0 Å². The third-order valence-electron chi connectivity index (χ3n) is 2.63. The fraction of sp³-hybridized carbons (Fsp3) is 0.154. The predicted octanol–water partition coefficient (Wildman–Crippen LogP) is 3.78. The van der Waals surface area contributed by atoms with Crippen LogP contribution in [0.15, 0.2) is 36.5 Å². The highest BCUT2D eigenvalue weighted by molar-refractivity contribution is 5.74. The molecule has 0 unspecified atom stereocenters. The highest BCUT2D eigenvalue weighted by atomic mass is 19.4. The molecule has 0 fully saturated rings. The molecule has 0 spiro atoms. The molecule has 2 nitrogen and oxygen atoms in total. The van der Waals surface area contributed by atoms with Gasteiger partial charge in [0, 0.05) is 11.8 Å². The first-order valence-corrected chi connectivity index (χ1v) is 5.22. The van der Waals surface area contributed by atoms with Crippen LogP contribution < -0.4 is 0 Å². The topological polar surface area (TPSA) is 33.1 Å². The molecule has 0 saturated heterocycles. The molecule has 2 aromatic rings. The fourth-order valence-electron chi connectivity index (χ4n) is 1.74. The van der Waals surface area contributed by atoms with E-state index in [-0.39, 0.29) is 16.9 Å². The second kappa shape index (κ2) is 4.33. The highest BCUT2D eigenvalue weighted by Gasteiger charge is 2.33. The Kier molecular flexibility index (Phi) is 2.98. The van der Waals surface area contributed by atoms with Gasteiger partial charge in [-0.1, -0.05) is 18.2 Å². The van der Waals surface area contributed by atoms with Crippen LogP contribution in [-0.4, -0.2) is 10.1 Å². The van der Waals surface area contributed by atoms with Crippen molar-refractivity contribution in [3.63, 3.8) is 0 Å². The zero-order valence-electron chi connectivity index (χ0n) is 9.49. The number of nitrogens with zero attached hydrogens (tertiary/aromatic N) is 1. The third kappa shape index (κ3) is 2.16. The monoisotopic (exact) mass is 253 g/mol. The molecular weight excluding hydrogens is 243 g/mol. The highest BCUT2D eigenvalue weighted by Crippen LogP contribution is 2.40. The van der Waals surface area contributed by atoms with Crippen LogP contribution >= 0.6 is 0 Å². The van der Waals surface area contributed by atoms with Gasteiger partial charge in [0.1, 0.15) is 5.75 Å². The number of rotatable bonds is 1. The van der Waals surface area contributed by atoms with E-state index in [4.69, 9.17) is 0 Å². The van der Waals surface area contributed by atoms with Crippen LogP contribution in [0.1, 0.15) is 11.3 Å². The Balaban J connectivity index is 2.69. The second-order valence-electron chi connectivity index (χ2n) is 3.84. The predicted molar refractivity (Wildman–Crippen MR) is 61.1 cm³/mol. The molecule has 0 atom stereocenters. The molecular formula is C13H10F3NO. The number of halogens is 3. The van der Waals surface area contributed by atoms with E-state index in [2.05, 4.69) is 4.98 Å². The Labute approximate surface area is 102 Å². The molecule has 1 N–H and O–H groups in total. The molecule has 1 aromatic carbocycles. The average molecular weight is 253 g/mol. The molecule has 0 aliphatic rings. The summed E-state index contributed by atoms with van der Waals surface area (Å²) in [4.78, 5) is 3.83. The van der Waals surface area contributed by atoms with Gasteiger partial charge < -0.3 is 5.11 Å². The fourth-order valence-corrected chi connectivity index (χ4v) is 1.74. The molecule has 94 valence electrons. The van der Waals surface area contributed by atoms with E-state index >= 15 is 0 Å². The molecule has 0 bridgehead atoms. The molecule has 0 aliphatic heterocycles. The third-order valence-corrected chi connectivity index (χ3v) is 2.63. The van der Waals surface area contributed by atoms with E-state index in [1.165, 1.54) is 37.4 Å². The Bertz CT molecular complexity index is 579. The summed E-state index contributed by atoms with van der Waals surface area (Å²) < 4.78 is 38.6. The molecule has 2 rings (SSSR count). The summed E-state index contributed by atoms with van der Waals surface area (Å²) in [6, 6.07) is 6.51. The lowest BCUT2D eigenvalue weighted by molar-refractivity contribution is -0.137. The number of hydrogen-bond acceptors (Lipinski definition) is 2. The summed E-state index contributed by atoms with van der Waals surface area (Å²) in [5, 5.41) is 9.81. The van der Waals surface area contributed by atoms with Crippen molar-refractivity contribution in [1.29, 1.82) is 0 Å². The summed E-state index contributed by atoms with van der Waals surface area (Å²) in [6.07, 6.45) is -3.09. The molecule has 5 heteroatoms. The van der Waals surface area contributed by atoms with Crippen molar-refractivity contribution >= 4 is 0 Å². The summed E-state index contributed by atoms with van der Waals surface area (Å²) >= 11 is 0. The van der Waals surface area contributed by atoms with Crippen LogP contribution in [0.4, 0.5) is 13.2 Å². The van der Waals surface area contributed by atoms with Gasteiger partial charge in [0.2, 0.25) is 0 Å². The maximum absolute atomic E-state index is 12.9. The molecule has 0 aliphatic carbocycles. The van der Waals surface area contributed by atoms with Gasteiger partial charge in [-0.2, -0.15) is 13.2 Å². The van der Waals surface area contributed by atoms with Crippen LogP contribution in [-0.2, 0) is 6.18 Å². The molecule has 0 radical (unpaired) electrons. The number of alkyl halides is 3. The Morgan fingerprint density at radius 3 is 2.39 bits per heavy atom. The van der Waals surface area contributed by atoms with Crippen molar-refractivity contribution < 1.29 is 18.3 Å². The molecule has 0 amide bonds. The van der Waals surface area contributed by atoms with Gasteiger partial charge in [-0.05, 0) is 24.6 Å². The minimum Gasteiger partial charge on any atom is -0.505 e. The number of aryl methyl sites for hydroxylation is 1. The summed E-state index contributed by atoms with van der Waals surface area (Å²) in [5.74, 6) is -0.228. The maximum atomic E-state index is 12.9. The van der Waals surface area contributed by atoms with E-state index < -0.39 is 11.7 Å². The largest absolute Gasteiger partial charge is 0.505 e. The van der Waals surface area contributed by atoms with Crippen LogP contribution in [0.2, 0.25) is 0 Å². The average Bonchev–Trinajstić information content (AvgIpc) is 2.32. The van der Waals surface area contributed by atoms with E-state index in [9.17, 15) is 18.3 Å². The Hall–Kier alpha value is -2.04. The van der Waals surface area contributed by atoms with Gasteiger partial charge in [0.25, 0.3) is 0 Å². The summed E-state index contributed by atoms with van der Waals surface area (Å²) in [5.41, 5.74) is -0.390. The van der Waals surface area contributed by atoms with Crippen molar-refractivity contribution in [2.45, 2.75) is 13.1 Å². The lowest BCUT2D eigenvalue weighted by Gasteiger charge is -2.14. The lowest BCUT2D eigenvalue weighted by Crippen LogP contribution is -2.07.